The van der Waals surface area contributed by atoms with Crippen LogP contribution in [0.2, 0.25) is 0 Å². The van der Waals surface area contributed by atoms with Crippen LogP contribution in [0.15, 0.2) is 0 Å². The molecule has 100 valence electrons. The van der Waals surface area contributed by atoms with Crippen LogP contribution in [-0.4, -0.2) is 24.6 Å². The molecule has 0 aromatic carbocycles. The Labute approximate surface area is 112 Å². The Morgan fingerprint density at radius 3 is 2.83 bits per heavy atom. The van der Waals surface area contributed by atoms with Gasteiger partial charge in [-0.2, -0.15) is 0 Å². The molecule has 0 spiro atoms. The first kappa shape index (κ1) is 13.3. The molecule has 1 aliphatic carbocycles. The number of anilines is 1. The molecule has 0 amide bonds. The van der Waals surface area contributed by atoms with Crippen molar-refractivity contribution in [2.45, 2.75) is 39.5 Å². The fourth-order valence-electron chi connectivity index (χ4n) is 2.24. The van der Waals surface area contributed by atoms with Crippen LogP contribution in [0.25, 0.3) is 0 Å². The maximum absolute atomic E-state index is 11.5. The molecule has 1 fully saturated rings. The van der Waals surface area contributed by atoms with Crippen LogP contribution < -0.4 is 5.32 Å². The highest BCUT2D eigenvalue weighted by Gasteiger charge is 2.41. The predicted molar refractivity (Wildman–Crippen MR) is 73.3 cm³/mol. The molecule has 1 heterocycles. The molecule has 0 bridgehead atoms. The number of carbonyl (C=O) groups excluding carboxylic acids is 1. The largest absolute Gasteiger partial charge is 0.465 e. The van der Waals surface area contributed by atoms with Gasteiger partial charge >= 0.3 is 5.97 Å². The number of rotatable bonds is 6. The fraction of sp³-hybridized carbons (Fsp3) is 0.692. The number of hydrogen-bond acceptors (Lipinski definition) is 5. The Morgan fingerprint density at radius 1 is 1.56 bits per heavy atom. The van der Waals surface area contributed by atoms with E-state index in [0.717, 1.165) is 17.4 Å². The summed E-state index contributed by atoms with van der Waals surface area (Å²) in [5.74, 6) is -0.298. The Morgan fingerprint density at radius 2 is 2.28 bits per heavy atom. The number of carbonyl (C=O) groups is 1. The second-order valence-corrected chi connectivity index (χ2v) is 6.03. The van der Waals surface area contributed by atoms with E-state index >= 15 is 0 Å². The molecular weight excluding hydrogens is 248 g/mol. The van der Waals surface area contributed by atoms with Gasteiger partial charge in [0.2, 0.25) is 0 Å². The zero-order valence-electron chi connectivity index (χ0n) is 11.2. The lowest BCUT2D eigenvalue weighted by molar-refractivity contribution is 0.0605. The van der Waals surface area contributed by atoms with Gasteiger partial charge in [0.15, 0.2) is 5.13 Å². The first-order valence-electron chi connectivity index (χ1n) is 6.40. The minimum atomic E-state index is -0.298. The van der Waals surface area contributed by atoms with E-state index in [9.17, 15) is 4.79 Å². The van der Waals surface area contributed by atoms with E-state index in [0.29, 0.717) is 10.3 Å². The summed E-state index contributed by atoms with van der Waals surface area (Å²) in [7, 11) is 1.40. The van der Waals surface area contributed by atoms with Gasteiger partial charge in [0.05, 0.1) is 12.8 Å². The van der Waals surface area contributed by atoms with Gasteiger partial charge in [0, 0.05) is 6.54 Å². The molecule has 0 aliphatic heterocycles. The average Bonchev–Trinajstić information content (AvgIpc) is 3.02. The van der Waals surface area contributed by atoms with Crippen molar-refractivity contribution in [1.82, 2.24) is 4.98 Å². The van der Waals surface area contributed by atoms with Gasteiger partial charge in [-0.15, -0.1) is 0 Å². The summed E-state index contributed by atoms with van der Waals surface area (Å²) in [6, 6.07) is 0. The van der Waals surface area contributed by atoms with Crippen LogP contribution >= 0.6 is 11.3 Å². The summed E-state index contributed by atoms with van der Waals surface area (Å²) < 4.78 is 4.73. The summed E-state index contributed by atoms with van der Waals surface area (Å²) in [4.78, 5) is 16.5. The molecule has 0 saturated heterocycles. The third kappa shape index (κ3) is 2.83. The van der Waals surface area contributed by atoms with Gasteiger partial charge in [-0.25, -0.2) is 9.78 Å². The number of aromatic nitrogens is 1. The number of ether oxygens (including phenoxy) is 1. The molecule has 18 heavy (non-hydrogen) atoms. The van der Waals surface area contributed by atoms with Crippen molar-refractivity contribution in [3.05, 3.63) is 10.6 Å². The zero-order valence-corrected chi connectivity index (χ0v) is 12.0. The molecule has 1 aromatic rings. The SMILES string of the molecule is CCCC1(CNc2nc(C)c(C(=O)OC)s2)CC1. The fourth-order valence-corrected chi connectivity index (χ4v) is 3.12. The molecule has 4 nitrogen and oxygen atoms in total. The molecular formula is C13H20N2O2S. The van der Waals surface area contributed by atoms with E-state index in [2.05, 4.69) is 17.2 Å². The minimum absolute atomic E-state index is 0.298. The topological polar surface area (TPSA) is 51.2 Å². The quantitative estimate of drug-likeness (QED) is 0.805. The second kappa shape index (κ2) is 5.26. The number of aryl methyl sites for hydroxylation is 1. The predicted octanol–water partition coefficient (Wildman–Crippen LogP) is 3.23. The van der Waals surface area contributed by atoms with Crippen molar-refractivity contribution in [1.29, 1.82) is 0 Å². The summed E-state index contributed by atoms with van der Waals surface area (Å²) in [5, 5.41) is 4.20. The number of nitrogens with zero attached hydrogens (tertiary/aromatic N) is 1. The molecule has 1 N–H and O–H groups in total. The van der Waals surface area contributed by atoms with Crippen molar-refractivity contribution in [2.75, 3.05) is 19.0 Å². The van der Waals surface area contributed by atoms with E-state index in [1.807, 2.05) is 6.92 Å². The zero-order chi connectivity index (χ0) is 13.2. The second-order valence-electron chi connectivity index (χ2n) is 5.03. The van der Waals surface area contributed by atoms with Crippen molar-refractivity contribution in [3.63, 3.8) is 0 Å². The maximum Gasteiger partial charge on any atom is 0.350 e. The number of nitrogens with one attached hydrogen (secondary N) is 1. The van der Waals surface area contributed by atoms with Crippen molar-refractivity contribution in [3.8, 4) is 0 Å². The summed E-state index contributed by atoms with van der Waals surface area (Å²) in [5.41, 5.74) is 1.23. The normalized spacial score (nSPS) is 16.4. The van der Waals surface area contributed by atoms with Gasteiger partial charge < -0.3 is 10.1 Å². The Bertz CT molecular complexity index is 438. The van der Waals surface area contributed by atoms with E-state index in [1.54, 1.807) is 0 Å². The lowest BCUT2D eigenvalue weighted by Crippen LogP contribution is -2.14. The standard InChI is InChI=1S/C13H20N2O2S/c1-4-5-13(6-7-13)8-14-12-15-9(2)10(18-12)11(16)17-3/h4-8H2,1-3H3,(H,14,15). The van der Waals surface area contributed by atoms with Gasteiger partial charge in [-0.05, 0) is 31.6 Å². The number of thiazole rings is 1. The Balaban J connectivity index is 1.96. The molecule has 1 aromatic heterocycles. The third-order valence-corrected chi connectivity index (χ3v) is 4.61. The summed E-state index contributed by atoms with van der Waals surface area (Å²) in [6.07, 6.45) is 5.12. The summed E-state index contributed by atoms with van der Waals surface area (Å²) in [6.45, 7) is 5.03. The Kier molecular flexibility index (Phi) is 3.90. The van der Waals surface area contributed by atoms with Crippen molar-refractivity contribution < 1.29 is 9.53 Å². The molecule has 0 radical (unpaired) electrons. The first-order valence-corrected chi connectivity index (χ1v) is 7.21. The van der Waals surface area contributed by atoms with E-state index in [1.165, 1.54) is 44.1 Å². The highest BCUT2D eigenvalue weighted by atomic mass is 32.1. The van der Waals surface area contributed by atoms with Crippen LogP contribution in [0.4, 0.5) is 5.13 Å². The van der Waals surface area contributed by atoms with Gasteiger partial charge in [0.1, 0.15) is 4.88 Å². The number of hydrogen-bond donors (Lipinski definition) is 1. The van der Waals surface area contributed by atoms with Crippen molar-refractivity contribution >= 4 is 22.4 Å². The molecule has 1 aliphatic rings. The third-order valence-electron chi connectivity index (χ3n) is 3.52. The van der Waals surface area contributed by atoms with E-state index < -0.39 is 0 Å². The maximum atomic E-state index is 11.5. The van der Waals surface area contributed by atoms with Crippen LogP contribution in [0, 0.1) is 12.3 Å². The lowest BCUT2D eigenvalue weighted by atomic mass is 10.0. The van der Waals surface area contributed by atoms with Gasteiger partial charge in [-0.3, -0.25) is 0 Å². The minimum Gasteiger partial charge on any atom is -0.465 e. The first-order chi connectivity index (χ1) is 8.60. The average molecular weight is 268 g/mol. The number of methoxy groups -OCH3 is 1. The molecule has 0 atom stereocenters. The van der Waals surface area contributed by atoms with Crippen LogP contribution in [0.1, 0.15) is 48.0 Å². The Hall–Kier alpha value is -1.10. The summed E-state index contributed by atoms with van der Waals surface area (Å²) >= 11 is 1.38. The molecule has 5 heteroatoms. The van der Waals surface area contributed by atoms with Gasteiger partial charge in [0.25, 0.3) is 0 Å². The molecule has 0 unspecified atom stereocenters. The van der Waals surface area contributed by atoms with Crippen LogP contribution in [0.3, 0.4) is 0 Å². The number of esters is 1. The van der Waals surface area contributed by atoms with E-state index in [-0.39, 0.29) is 5.97 Å². The van der Waals surface area contributed by atoms with Crippen LogP contribution in [0.5, 0.6) is 0 Å². The lowest BCUT2D eigenvalue weighted by Gasteiger charge is -2.13. The molecule has 2 rings (SSSR count). The molecule has 1 saturated carbocycles. The van der Waals surface area contributed by atoms with E-state index in [4.69, 9.17) is 4.74 Å². The van der Waals surface area contributed by atoms with Crippen LogP contribution in [-0.2, 0) is 4.74 Å². The highest BCUT2D eigenvalue weighted by Crippen LogP contribution is 2.49. The smallest absolute Gasteiger partial charge is 0.350 e. The van der Waals surface area contributed by atoms with Crippen molar-refractivity contribution in [2.24, 2.45) is 5.41 Å². The monoisotopic (exact) mass is 268 g/mol. The highest BCUT2D eigenvalue weighted by molar-refractivity contribution is 7.17. The van der Waals surface area contributed by atoms with Gasteiger partial charge in [-0.1, -0.05) is 24.7 Å².